The molecule has 1 atom stereocenters. The number of aryl methyl sites for hydroxylation is 1. The molecule has 0 heterocycles. The average molecular weight is 314 g/mol. The molecular weight excluding hydrogens is 288 g/mol. The van der Waals surface area contributed by atoms with E-state index in [4.69, 9.17) is 0 Å². The van der Waals surface area contributed by atoms with Crippen LogP contribution >= 0.6 is 0 Å². The summed E-state index contributed by atoms with van der Waals surface area (Å²) < 4.78 is 0. The molecule has 0 aromatic heterocycles. The molecule has 2 amide bonds. The predicted molar refractivity (Wildman–Crippen MR) is 90.1 cm³/mol. The van der Waals surface area contributed by atoms with Crippen molar-refractivity contribution in [1.82, 2.24) is 10.6 Å². The SMILES string of the molecule is Cc1cccc(C2(C(=O)N[C@@H](C)C(=O)NC3CCCC3)CC2)c1. The van der Waals surface area contributed by atoms with E-state index >= 15 is 0 Å². The van der Waals surface area contributed by atoms with Gasteiger partial charge in [0.1, 0.15) is 6.04 Å². The summed E-state index contributed by atoms with van der Waals surface area (Å²) in [6.45, 7) is 3.81. The molecule has 0 unspecified atom stereocenters. The first kappa shape index (κ1) is 16.0. The number of carbonyl (C=O) groups excluding carboxylic acids is 2. The Morgan fingerprint density at radius 2 is 1.91 bits per heavy atom. The Labute approximate surface area is 138 Å². The van der Waals surface area contributed by atoms with Gasteiger partial charge in [0.15, 0.2) is 0 Å². The van der Waals surface area contributed by atoms with Gasteiger partial charge >= 0.3 is 0 Å². The topological polar surface area (TPSA) is 58.2 Å². The molecule has 4 heteroatoms. The lowest BCUT2D eigenvalue weighted by Crippen LogP contribution is -2.50. The maximum atomic E-state index is 12.7. The molecule has 2 aliphatic rings. The molecule has 2 aliphatic carbocycles. The smallest absolute Gasteiger partial charge is 0.242 e. The molecule has 0 aliphatic heterocycles. The van der Waals surface area contributed by atoms with Crippen LogP contribution in [0.3, 0.4) is 0 Å². The minimum absolute atomic E-state index is 0.0165. The molecule has 0 radical (unpaired) electrons. The Hall–Kier alpha value is -1.84. The van der Waals surface area contributed by atoms with Crippen molar-refractivity contribution in [3.8, 4) is 0 Å². The van der Waals surface area contributed by atoms with Crippen molar-refractivity contribution < 1.29 is 9.59 Å². The molecule has 23 heavy (non-hydrogen) atoms. The van der Waals surface area contributed by atoms with Crippen molar-refractivity contribution in [3.63, 3.8) is 0 Å². The van der Waals surface area contributed by atoms with E-state index in [1.165, 1.54) is 12.8 Å². The fraction of sp³-hybridized carbons (Fsp3) is 0.579. The second-order valence-corrected chi connectivity index (χ2v) is 7.14. The lowest BCUT2D eigenvalue weighted by atomic mass is 9.93. The highest BCUT2D eigenvalue weighted by molar-refractivity contribution is 5.95. The summed E-state index contributed by atoms with van der Waals surface area (Å²) in [5.74, 6) is -0.0811. The second-order valence-electron chi connectivity index (χ2n) is 7.14. The van der Waals surface area contributed by atoms with Crippen molar-refractivity contribution in [2.24, 2.45) is 0 Å². The first-order valence-electron chi connectivity index (χ1n) is 8.70. The number of hydrogen-bond donors (Lipinski definition) is 2. The van der Waals surface area contributed by atoms with Crippen LogP contribution in [0.15, 0.2) is 24.3 Å². The van der Waals surface area contributed by atoms with Crippen molar-refractivity contribution in [2.75, 3.05) is 0 Å². The fourth-order valence-electron chi connectivity index (χ4n) is 3.51. The lowest BCUT2D eigenvalue weighted by molar-refractivity contribution is -0.130. The second kappa shape index (κ2) is 6.34. The van der Waals surface area contributed by atoms with Crippen molar-refractivity contribution in [3.05, 3.63) is 35.4 Å². The van der Waals surface area contributed by atoms with Gasteiger partial charge < -0.3 is 10.6 Å². The van der Waals surface area contributed by atoms with Crippen LogP contribution < -0.4 is 10.6 Å². The number of benzene rings is 1. The van der Waals surface area contributed by atoms with Gasteiger partial charge in [0.25, 0.3) is 0 Å². The largest absolute Gasteiger partial charge is 0.352 e. The molecule has 2 N–H and O–H groups in total. The zero-order chi connectivity index (χ0) is 16.4. The molecular formula is C19H26N2O2. The Bertz CT molecular complexity index is 601. The Kier molecular flexibility index (Phi) is 4.42. The Morgan fingerprint density at radius 3 is 2.52 bits per heavy atom. The van der Waals surface area contributed by atoms with Crippen molar-refractivity contribution >= 4 is 11.8 Å². The standard InChI is InChI=1S/C19H26N2O2/c1-13-6-5-7-15(12-13)19(10-11-19)18(23)20-14(2)17(22)21-16-8-3-4-9-16/h5-7,12,14,16H,3-4,8-11H2,1-2H3,(H,20,23)(H,21,22)/t14-/m0/s1. The van der Waals surface area contributed by atoms with Gasteiger partial charge in [-0.15, -0.1) is 0 Å². The summed E-state index contributed by atoms with van der Waals surface area (Å²) in [7, 11) is 0. The van der Waals surface area contributed by atoms with Gasteiger partial charge in [-0.25, -0.2) is 0 Å². The summed E-state index contributed by atoms with van der Waals surface area (Å²) in [6, 6.07) is 7.93. The molecule has 3 rings (SSSR count). The summed E-state index contributed by atoms with van der Waals surface area (Å²) in [5, 5.41) is 5.97. The van der Waals surface area contributed by atoms with Gasteiger partial charge in [-0.2, -0.15) is 0 Å². The minimum atomic E-state index is -0.481. The molecule has 2 fully saturated rings. The van der Waals surface area contributed by atoms with Crippen LogP contribution in [0, 0.1) is 6.92 Å². The molecule has 2 saturated carbocycles. The quantitative estimate of drug-likeness (QED) is 0.877. The third-order valence-corrected chi connectivity index (χ3v) is 5.20. The summed E-state index contributed by atoms with van der Waals surface area (Å²) in [4.78, 5) is 24.9. The fourth-order valence-corrected chi connectivity index (χ4v) is 3.51. The van der Waals surface area contributed by atoms with E-state index in [1.807, 2.05) is 25.1 Å². The molecule has 1 aromatic carbocycles. The number of rotatable bonds is 5. The highest BCUT2D eigenvalue weighted by Gasteiger charge is 2.51. The summed E-state index contributed by atoms with van der Waals surface area (Å²) in [6.07, 6.45) is 6.20. The average Bonchev–Trinajstić information content (AvgIpc) is 3.19. The number of carbonyl (C=O) groups is 2. The summed E-state index contributed by atoms with van der Waals surface area (Å²) in [5.41, 5.74) is 1.81. The van der Waals surface area contributed by atoms with Crippen molar-refractivity contribution in [1.29, 1.82) is 0 Å². The summed E-state index contributed by atoms with van der Waals surface area (Å²) >= 11 is 0. The maximum absolute atomic E-state index is 12.7. The van der Waals surface area contributed by atoms with Gasteiger partial charge in [-0.05, 0) is 45.1 Å². The van der Waals surface area contributed by atoms with Crippen LogP contribution in [0.5, 0.6) is 0 Å². The van der Waals surface area contributed by atoms with Crippen molar-refractivity contribution in [2.45, 2.75) is 69.9 Å². The monoisotopic (exact) mass is 314 g/mol. The highest BCUT2D eigenvalue weighted by atomic mass is 16.2. The number of nitrogens with one attached hydrogen (secondary N) is 2. The third-order valence-electron chi connectivity index (χ3n) is 5.20. The zero-order valence-electron chi connectivity index (χ0n) is 14.0. The van der Waals surface area contributed by atoms with Gasteiger partial charge in [0.05, 0.1) is 5.41 Å². The van der Waals surface area contributed by atoms with E-state index in [1.54, 1.807) is 6.92 Å². The number of amides is 2. The van der Waals surface area contributed by atoms with Gasteiger partial charge in [0, 0.05) is 6.04 Å². The molecule has 4 nitrogen and oxygen atoms in total. The van der Waals surface area contributed by atoms with E-state index in [-0.39, 0.29) is 17.9 Å². The molecule has 0 bridgehead atoms. The maximum Gasteiger partial charge on any atom is 0.242 e. The Balaban J connectivity index is 1.61. The molecule has 0 saturated heterocycles. The number of hydrogen-bond acceptors (Lipinski definition) is 2. The van der Waals surface area contributed by atoms with Gasteiger partial charge in [-0.1, -0.05) is 42.7 Å². The van der Waals surface area contributed by atoms with E-state index in [0.717, 1.165) is 36.8 Å². The van der Waals surface area contributed by atoms with E-state index in [9.17, 15) is 9.59 Å². The van der Waals surface area contributed by atoms with Gasteiger partial charge in [0.2, 0.25) is 11.8 Å². The van der Waals surface area contributed by atoms with Crippen LogP contribution in [-0.2, 0) is 15.0 Å². The normalized spacial score (nSPS) is 20.8. The van der Waals surface area contributed by atoms with Crippen LogP contribution in [-0.4, -0.2) is 23.9 Å². The first-order valence-corrected chi connectivity index (χ1v) is 8.70. The van der Waals surface area contributed by atoms with E-state index in [0.29, 0.717) is 0 Å². The van der Waals surface area contributed by atoms with Crippen LogP contribution in [0.25, 0.3) is 0 Å². The van der Waals surface area contributed by atoms with E-state index in [2.05, 4.69) is 16.7 Å². The van der Waals surface area contributed by atoms with Gasteiger partial charge in [-0.3, -0.25) is 9.59 Å². The Morgan fingerprint density at radius 1 is 1.22 bits per heavy atom. The minimum Gasteiger partial charge on any atom is -0.352 e. The van der Waals surface area contributed by atoms with Crippen LogP contribution in [0.4, 0.5) is 0 Å². The van der Waals surface area contributed by atoms with E-state index < -0.39 is 11.5 Å². The molecule has 1 aromatic rings. The van der Waals surface area contributed by atoms with Crippen LogP contribution in [0.2, 0.25) is 0 Å². The highest BCUT2D eigenvalue weighted by Crippen LogP contribution is 2.48. The first-order chi connectivity index (χ1) is 11.0. The van der Waals surface area contributed by atoms with Crippen LogP contribution in [0.1, 0.15) is 56.6 Å². The third kappa shape index (κ3) is 3.41. The predicted octanol–water partition coefficient (Wildman–Crippen LogP) is 2.59. The molecule has 124 valence electrons. The lowest BCUT2D eigenvalue weighted by Gasteiger charge is -2.21. The molecule has 0 spiro atoms. The zero-order valence-corrected chi connectivity index (χ0v) is 14.0.